The Labute approximate surface area is 169 Å². The minimum Gasteiger partial charge on any atom is -0.481 e. The molecule has 0 saturated carbocycles. The number of carbonyl (C=O) groups excluding carboxylic acids is 1. The predicted octanol–water partition coefficient (Wildman–Crippen LogP) is 5.92. The third-order valence-electron chi connectivity index (χ3n) is 4.98. The summed E-state index contributed by atoms with van der Waals surface area (Å²) in [6, 6.07) is 0. The molecule has 4 nitrogen and oxygen atoms in total. The van der Waals surface area contributed by atoms with E-state index >= 15 is 0 Å². The van der Waals surface area contributed by atoms with Gasteiger partial charge in [0.15, 0.2) is 0 Å². The molecule has 1 N–H and O–H groups in total. The van der Waals surface area contributed by atoms with Gasteiger partial charge in [-0.3, -0.25) is 9.59 Å². The molecule has 0 saturated heterocycles. The summed E-state index contributed by atoms with van der Waals surface area (Å²) >= 11 is 0. The smallest absolute Gasteiger partial charge is 0.303 e. The van der Waals surface area contributed by atoms with E-state index in [9.17, 15) is 9.59 Å². The number of ether oxygens (including phenoxy) is 1. The largest absolute Gasteiger partial charge is 0.481 e. The molecule has 154 valence electrons. The van der Waals surface area contributed by atoms with Gasteiger partial charge in [-0.1, -0.05) is 61.4 Å². The van der Waals surface area contributed by atoms with E-state index in [-0.39, 0.29) is 23.9 Å². The molecule has 1 aliphatic carbocycles. The Hall–Kier alpha value is -2.36. The molecule has 1 rings (SSSR count). The fraction of sp³-hybridized carbons (Fsp3) is 0.500. The molecule has 0 bridgehead atoms. The lowest BCUT2D eigenvalue weighted by atomic mass is 9.84. The molecule has 4 heteroatoms. The lowest BCUT2D eigenvalue weighted by Gasteiger charge is -2.21. The summed E-state index contributed by atoms with van der Waals surface area (Å²) in [5.41, 5.74) is 4.69. The highest BCUT2D eigenvalue weighted by atomic mass is 16.5. The maximum atomic E-state index is 11.3. The molecule has 1 aliphatic rings. The van der Waals surface area contributed by atoms with Gasteiger partial charge in [0.1, 0.15) is 6.10 Å². The molecular formula is C24H34O4. The minimum atomic E-state index is -0.777. The molecule has 0 aliphatic heterocycles. The van der Waals surface area contributed by atoms with Crippen molar-refractivity contribution in [3.05, 3.63) is 58.7 Å². The molecule has 0 aromatic carbocycles. The molecule has 0 aromatic rings. The number of aliphatic carboxylic acids is 1. The van der Waals surface area contributed by atoms with Crippen LogP contribution in [0.15, 0.2) is 58.7 Å². The molecule has 1 unspecified atom stereocenters. The van der Waals surface area contributed by atoms with Crippen LogP contribution in [0, 0.1) is 5.41 Å². The molecule has 0 aromatic heterocycles. The number of hydrogen-bond donors (Lipinski definition) is 1. The first-order valence-electron chi connectivity index (χ1n) is 9.85. The van der Waals surface area contributed by atoms with E-state index in [1.807, 2.05) is 45.1 Å². The van der Waals surface area contributed by atoms with Crippen molar-refractivity contribution in [2.24, 2.45) is 5.41 Å². The van der Waals surface area contributed by atoms with E-state index in [2.05, 4.69) is 26.0 Å². The highest BCUT2D eigenvalue weighted by molar-refractivity contribution is 5.67. The quantitative estimate of drug-likeness (QED) is 0.394. The first-order valence-corrected chi connectivity index (χ1v) is 9.85. The summed E-state index contributed by atoms with van der Waals surface area (Å²) < 4.78 is 5.40. The van der Waals surface area contributed by atoms with Crippen LogP contribution in [-0.4, -0.2) is 23.1 Å². The molecule has 1 atom stereocenters. The standard InChI is InChI=1S/C24H34O4/c1-17(11-8-12-23(26)27)9-7-10-18(2)13-14-22-21(15-16-24(22,5)6)19(3)28-20(4)25/h7,9-11,13-14,19H,8,12,15-16H2,1-6H3,(H,26,27). The van der Waals surface area contributed by atoms with E-state index < -0.39 is 5.97 Å². The number of carbonyl (C=O) groups is 2. The van der Waals surface area contributed by atoms with Gasteiger partial charge < -0.3 is 9.84 Å². The van der Waals surface area contributed by atoms with E-state index in [1.54, 1.807) is 0 Å². The first-order chi connectivity index (χ1) is 13.0. The maximum absolute atomic E-state index is 11.3. The first kappa shape index (κ1) is 23.7. The lowest BCUT2D eigenvalue weighted by molar-refractivity contribution is -0.144. The third-order valence-corrected chi connectivity index (χ3v) is 4.98. The Balaban J connectivity index is 2.85. The summed E-state index contributed by atoms with van der Waals surface area (Å²) in [5.74, 6) is -1.03. The molecule has 0 radical (unpaired) electrons. The SMILES string of the molecule is CC(=O)OC(C)C1=C(C=CC(C)=CC=CC(C)=CCCC(=O)O)C(C)(C)CC1. The maximum Gasteiger partial charge on any atom is 0.303 e. The van der Waals surface area contributed by atoms with Gasteiger partial charge in [-0.15, -0.1) is 0 Å². The third kappa shape index (κ3) is 8.12. The van der Waals surface area contributed by atoms with Crippen molar-refractivity contribution >= 4 is 11.9 Å². The number of rotatable bonds is 9. The lowest BCUT2D eigenvalue weighted by Crippen LogP contribution is -2.16. The predicted molar refractivity (Wildman–Crippen MR) is 114 cm³/mol. The Morgan fingerprint density at radius 3 is 2.46 bits per heavy atom. The zero-order chi connectivity index (χ0) is 21.3. The van der Waals surface area contributed by atoms with Gasteiger partial charge in [0.25, 0.3) is 0 Å². The summed E-state index contributed by atoms with van der Waals surface area (Å²) in [6.07, 6.45) is 14.7. The highest BCUT2D eigenvalue weighted by Crippen LogP contribution is 2.44. The van der Waals surface area contributed by atoms with Gasteiger partial charge in [0.05, 0.1) is 0 Å². The Morgan fingerprint density at radius 2 is 1.86 bits per heavy atom. The second-order valence-electron chi connectivity index (χ2n) is 8.06. The molecule has 0 heterocycles. The molecule has 28 heavy (non-hydrogen) atoms. The average molecular weight is 387 g/mol. The van der Waals surface area contributed by atoms with Crippen LogP contribution in [0.2, 0.25) is 0 Å². The Bertz CT molecular complexity index is 730. The van der Waals surface area contributed by atoms with Crippen LogP contribution in [0.1, 0.15) is 67.2 Å². The van der Waals surface area contributed by atoms with E-state index in [4.69, 9.17) is 9.84 Å². The van der Waals surface area contributed by atoms with Crippen LogP contribution in [-0.2, 0) is 14.3 Å². The summed E-state index contributed by atoms with van der Waals surface area (Å²) in [7, 11) is 0. The van der Waals surface area contributed by atoms with Crippen molar-refractivity contribution in [3.63, 3.8) is 0 Å². The van der Waals surface area contributed by atoms with Gasteiger partial charge in [-0.25, -0.2) is 0 Å². The second-order valence-corrected chi connectivity index (χ2v) is 8.06. The number of esters is 1. The zero-order valence-electron chi connectivity index (χ0n) is 18.0. The van der Waals surface area contributed by atoms with E-state index in [0.717, 1.165) is 24.0 Å². The topological polar surface area (TPSA) is 63.6 Å². The van der Waals surface area contributed by atoms with Gasteiger partial charge >= 0.3 is 11.9 Å². The summed E-state index contributed by atoms with van der Waals surface area (Å²) in [4.78, 5) is 21.8. The fourth-order valence-corrected chi connectivity index (χ4v) is 3.34. The van der Waals surface area contributed by atoms with Gasteiger partial charge in [-0.05, 0) is 56.6 Å². The van der Waals surface area contributed by atoms with Crippen molar-refractivity contribution in [3.8, 4) is 0 Å². The Morgan fingerprint density at radius 1 is 1.18 bits per heavy atom. The van der Waals surface area contributed by atoms with Crippen LogP contribution in [0.25, 0.3) is 0 Å². The van der Waals surface area contributed by atoms with Gasteiger partial charge in [-0.2, -0.15) is 0 Å². The highest BCUT2D eigenvalue weighted by Gasteiger charge is 2.33. The fourth-order valence-electron chi connectivity index (χ4n) is 3.34. The molecule has 0 spiro atoms. The summed E-state index contributed by atoms with van der Waals surface area (Å²) in [6.45, 7) is 11.9. The van der Waals surface area contributed by atoms with Crippen molar-refractivity contribution in [1.82, 2.24) is 0 Å². The molecule has 0 amide bonds. The van der Waals surface area contributed by atoms with Crippen molar-refractivity contribution in [2.75, 3.05) is 0 Å². The van der Waals surface area contributed by atoms with Crippen LogP contribution >= 0.6 is 0 Å². The number of allylic oxidation sites excluding steroid dienone is 9. The number of carboxylic acid groups (broad SMARTS) is 1. The monoisotopic (exact) mass is 386 g/mol. The van der Waals surface area contributed by atoms with Gasteiger partial charge in [0, 0.05) is 13.3 Å². The number of hydrogen-bond acceptors (Lipinski definition) is 3. The molecule has 0 fully saturated rings. The van der Waals surface area contributed by atoms with Crippen molar-refractivity contribution in [1.29, 1.82) is 0 Å². The minimum absolute atomic E-state index is 0.0693. The van der Waals surface area contributed by atoms with Crippen LogP contribution in [0.5, 0.6) is 0 Å². The zero-order valence-corrected chi connectivity index (χ0v) is 18.0. The van der Waals surface area contributed by atoms with Crippen LogP contribution in [0.4, 0.5) is 0 Å². The Kier molecular flexibility index (Phi) is 9.17. The van der Waals surface area contributed by atoms with Crippen LogP contribution in [0.3, 0.4) is 0 Å². The van der Waals surface area contributed by atoms with Crippen LogP contribution < -0.4 is 0 Å². The van der Waals surface area contributed by atoms with E-state index in [1.165, 1.54) is 18.1 Å². The van der Waals surface area contributed by atoms with Gasteiger partial charge in [0.2, 0.25) is 0 Å². The van der Waals surface area contributed by atoms with Crippen molar-refractivity contribution < 1.29 is 19.4 Å². The average Bonchev–Trinajstić information content (AvgIpc) is 2.86. The van der Waals surface area contributed by atoms with E-state index in [0.29, 0.717) is 6.42 Å². The normalized spacial score (nSPS) is 18.9. The second kappa shape index (κ2) is 10.8. The number of carboxylic acids is 1. The van der Waals surface area contributed by atoms with Crippen molar-refractivity contribution in [2.45, 2.75) is 73.3 Å². The molecular weight excluding hydrogens is 352 g/mol. The summed E-state index contributed by atoms with van der Waals surface area (Å²) in [5, 5.41) is 8.66.